The number of carbonyl (C=O) groups excluding carboxylic acids is 1. The lowest BCUT2D eigenvalue weighted by Gasteiger charge is -2.14. The fourth-order valence-corrected chi connectivity index (χ4v) is 2.26. The van der Waals surface area contributed by atoms with Crippen molar-refractivity contribution in [2.24, 2.45) is 0 Å². The number of phenolic OH excluding ortho intramolecular Hbond substituents is 1. The summed E-state index contributed by atoms with van der Waals surface area (Å²) in [5.74, 6) is -0.0208. The number of hydrogen-bond acceptors (Lipinski definition) is 2. The minimum atomic E-state index is -0.107. The molecule has 16 heavy (non-hydrogen) atoms. The van der Waals surface area contributed by atoms with Crippen LogP contribution in [0.5, 0.6) is 5.75 Å². The summed E-state index contributed by atoms with van der Waals surface area (Å²) in [6.45, 7) is 0. The molecule has 1 aliphatic carbocycles. The van der Waals surface area contributed by atoms with Crippen LogP contribution >= 0.6 is 0 Å². The summed E-state index contributed by atoms with van der Waals surface area (Å²) in [7, 11) is 0. The minimum Gasteiger partial charge on any atom is -0.507 e. The zero-order valence-electron chi connectivity index (χ0n) is 8.60. The number of aromatic hydroxyl groups is 1. The zero-order valence-corrected chi connectivity index (χ0v) is 8.60. The summed E-state index contributed by atoms with van der Waals surface area (Å²) in [6.07, 6.45) is 4.07. The Bertz CT molecular complexity index is 624. The molecule has 0 aliphatic heterocycles. The van der Waals surface area contributed by atoms with Crippen LogP contribution < -0.4 is 0 Å². The van der Waals surface area contributed by atoms with Crippen LogP contribution in [0.15, 0.2) is 42.5 Å². The van der Waals surface area contributed by atoms with Crippen molar-refractivity contribution in [2.45, 2.75) is 6.42 Å². The van der Waals surface area contributed by atoms with Gasteiger partial charge in [0.1, 0.15) is 5.75 Å². The minimum absolute atomic E-state index is 0.0862. The molecule has 0 bridgehead atoms. The Labute approximate surface area is 92.8 Å². The molecule has 0 aromatic heterocycles. The van der Waals surface area contributed by atoms with Crippen LogP contribution in [0.1, 0.15) is 15.9 Å². The Morgan fingerprint density at radius 2 is 2.00 bits per heavy atom. The highest BCUT2D eigenvalue weighted by Crippen LogP contribution is 2.33. The van der Waals surface area contributed by atoms with Gasteiger partial charge in [-0.05, 0) is 34.9 Å². The first-order chi connectivity index (χ1) is 7.77. The molecule has 0 saturated carbocycles. The van der Waals surface area contributed by atoms with Gasteiger partial charge in [-0.25, -0.2) is 0 Å². The number of allylic oxidation sites excluding steroid dienone is 2. The van der Waals surface area contributed by atoms with E-state index in [0.29, 0.717) is 12.0 Å². The highest BCUT2D eigenvalue weighted by atomic mass is 16.3. The molecule has 0 fully saturated rings. The molecule has 0 heterocycles. The standard InChI is InChI=1S/C14H10O2/c15-12-7-3-6-11-10-5-2-1-4-9(10)8-13(16)14(11)12/h1-5,7-8,16H,6H2. The van der Waals surface area contributed by atoms with Crippen LogP contribution in [-0.4, -0.2) is 10.9 Å². The highest BCUT2D eigenvalue weighted by molar-refractivity contribution is 6.12. The van der Waals surface area contributed by atoms with E-state index >= 15 is 0 Å². The molecule has 2 nitrogen and oxygen atoms in total. The van der Waals surface area contributed by atoms with Gasteiger partial charge in [-0.2, -0.15) is 0 Å². The number of benzene rings is 2. The maximum absolute atomic E-state index is 11.7. The maximum atomic E-state index is 11.7. The quantitative estimate of drug-likeness (QED) is 0.726. The topological polar surface area (TPSA) is 37.3 Å². The summed E-state index contributed by atoms with van der Waals surface area (Å²) >= 11 is 0. The molecule has 0 amide bonds. The van der Waals surface area contributed by atoms with E-state index in [4.69, 9.17) is 0 Å². The van der Waals surface area contributed by atoms with Gasteiger partial charge in [-0.3, -0.25) is 4.79 Å². The van der Waals surface area contributed by atoms with E-state index in [1.165, 1.54) is 6.08 Å². The van der Waals surface area contributed by atoms with E-state index in [2.05, 4.69) is 0 Å². The average Bonchev–Trinajstić information content (AvgIpc) is 2.29. The van der Waals surface area contributed by atoms with E-state index < -0.39 is 0 Å². The third kappa shape index (κ3) is 1.16. The van der Waals surface area contributed by atoms with Gasteiger partial charge < -0.3 is 5.11 Å². The van der Waals surface area contributed by atoms with Crippen molar-refractivity contribution < 1.29 is 9.90 Å². The van der Waals surface area contributed by atoms with E-state index in [0.717, 1.165) is 16.3 Å². The number of rotatable bonds is 0. The van der Waals surface area contributed by atoms with Crippen molar-refractivity contribution in [1.29, 1.82) is 0 Å². The molecule has 78 valence electrons. The predicted octanol–water partition coefficient (Wildman–Crippen LogP) is 2.84. The van der Waals surface area contributed by atoms with Crippen molar-refractivity contribution in [2.75, 3.05) is 0 Å². The Morgan fingerprint density at radius 1 is 1.19 bits per heavy atom. The normalized spacial score (nSPS) is 14.1. The van der Waals surface area contributed by atoms with Crippen LogP contribution in [0.3, 0.4) is 0 Å². The Balaban J connectivity index is 2.46. The van der Waals surface area contributed by atoms with Crippen molar-refractivity contribution in [3.8, 4) is 5.75 Å². The second-order valence-corrected chi connectivity index (χ2v) is 3.94. The monoisotopic (exact) mass is 210 g/mol. The molecule has 0 saturated heterocycles. The SMILES string of the molecule is O=C1C=CCc2c1c(O)cc1ccccc21. The summed E-state index contributed by atoms with van der Waals surface area (Å²) in [5, 5.41) is 11.9. The molecule has 1 aliphatic rings. The fraction of sp³-hybridized carbons (Fsp3) is 0.0714. The first-order valence-corrected chi connectivity index (χ1v) is 5.22. The zero-order chi connectivity index (χ0) is 11.1. The summed E-state index contributed by atoms with van der Waals surface area (Å²) in [5.41, 5.74) is 1.39. The van der Waals surface area contributed by atoms with Gasteiger partial charge in [-0.15, -0.1) is 0 Å². The lowest BCUT2D eigenvalue weighted by atomic mass is 9.90. The van der Waals surface area contributed by atoms with Crippen molar-refractivity contribution >= 4 is 16.6 Å². The van der Waals surface area contributed by atoms with Crippen LogP contribution in [0.2, 0.25) is 0 Å². The highest BCUT2D eigenvalue weighted by Gasteiger charge is 2.19. The summed E-state index contributed by atoms with van der Waals surface area (Å²) in [6, 6.07) is 9.46. The number of hydrogen-bond donors (Lipinski definition) is 1. The van der Waals surface area contributed by atoms with Crippen molar-refractivity contribution in [3.05, 3.63) is 53.6 Å². The lowest BCUT2D eigenvalue weighted by molar-refractivity contribution is 0.104. The van der Waals surface area contributed by atoms with Gasteiger partial charge in [0, 0.05) is 0 Å². The molecular weight excluding hydrogens is 200 g/mol. The van der Waals surface area contributed by atoms with Gasteiger partial charge in [-0.1, -0.05) is 30.3 Å². The summed E-state index contributed by atoms with van der Waals surface area (Å²) in [4.78, 5) is 11.7. The number of ketones is 1. The first-order valence-electron chi connectivity index (χ1n) is 5.22. The van der Waals surface area contributed by atoms with Crippen molar-refractivity contribution in [3.63, 3.8) is 0 Å². The van der Waals surface area contributed by atoms with Gasteiger partial charge in [0.25, 0.3) is 0 Å². The molecule has 0 unspecified atom stereocenters. The molecule has 0 atom stereocenters. The van der Waals surface area contributed by atoms with Gasteiger partial charge in [0.15, 0.2) is 5.78 Å². The van der Waals surface area contributed by atoms with Gasteiger partial charge in [0.05, 0.1) is 5.56 Å². The maximum Gasteiger partial charge on any atom is 0.189 e. The second kappa shape index (κ2) is 3.20. The number of fused-ring (bicyclic) bond motifs is 3. The van der Waals surface area contributed by atoms with Crippen LogP contribution in [0.25, 0.3) is 10.8 Å². The molecular formula is C14H10O2. The third-order valence-corrected chi connectivity index (χ3v) is 2.97. The van der Waals surface area contributed by atoms with Gasteiger partial charge >= 0.3 is 0 Å². The largest absolute Gasteiger partial charge is 0.507 e. The molecule has 2 aromatic rings. The Morgan fingerprint density at radius 3 is 2.88 bits per heavy atom. The molecule has 3 rings (SSSR count). The van der Waals surface area contributed by atoms with Crippen LogP contribution in [0.4, 0.5) is 0 Å². The molecule has 0 spiro atoms. The van der Waals surface area contributed by atoms with Gasteiger partial charge in [0.2, 0.25) is 0 Å². The van der Waals surface area contributed by atoms with E-state index in [1.807, 2.05) is 30.3 Å². The number of phenols is 1. The third-order valence-electron chi connectivity index (χ3n) is 2.97. The molecule has 2 heteroatoms. The fourth-order valence-electron chi connectivity index (χ4n) is 2.26. The Kier molecular flexibility index (Phi) is 1.83. The van der Waals surface area contributed by atoms with Crippen LogP contribution in [0, 0.1) is 0 Å². The number of carbonyl (C=O) groups is 1. The molecule has 2 aromatic carbocycles. The predicted molar refractivity (Wildman–Crippen MR) is 62.8 cm³/mol. The van der Waals surface area contributed by atoms with E-state index in [1.54, 1.807) is 6.07 Å². The van der Waals surface area contributed by atoms with E-state index in [-0.39, 0.29) is 11.5 Å². The van der Waals surface area contributed by atoms with Crippen LogP contribution in [-0.2, 0) is 6.42 Å². The van der Waals surface area contributed by atoms with Crippen molar-refractivity contribution in [1.82, 2.24) is 0 Å². The Hall–Kier alpha value is -2.09. The first kappa shape index (κ1) is 9.16. The molecule has 0 radical (unpaired) electrons. The smallest absolute Gasteiger partial charge is 0.189 e. The average molecular weight is 210 g/mol. The molecule has 1 N–H and O–H groups in total. The van der Waals surface area contributed by atoms with E-state index in [9.17, 15) is 9.90 Å². The second-order valence-electron chi connectivity index (χ2n) is 3.94. The lowest BCUT2D eigenvalue weighted by Crippen LogP contribution is -2.06. The summed E-state index contributed by atoms with van der Waals surface area (Å²) < 4.78 is 0.